The van der Waals surface area contributed by atoms with Crippen molar-refractivity contribution in [2.75, 3.05) is 0 Å². The fourth-order valence-corrected chi connectivity index (χ4v) is 1.89. The highest BCUT2D eigenvalue weighted by molar-refractivity contribution is 6.31. The molecule has 0 radical (unpaired) electrons. The number of hydrogen-bond donors (Lipinski definition) is 1. The van der Waals surface area contributed by atoms with Gasteiger partial charge in [0.1, 0.15) is 0 Å². The van der Waals surface area contributed by atoms with Gasteiger partial charge >= 0.3 is 0 Å². The molecule has 1 unspecified atom stereocenters. The van der Waals surface area contributed by atoms with Crippen LogP contribution >= 0.6 is 11.6 Å². The van der Waals surface area contributed by atoms with E-state index in [2.05, 4.69) is 12.0 Å². The Hall–Kier alpha value is -0.540. The molecule has 4 heteroatoms. The minimum Gasteiger partial charge on any atom is -0.393 e. The van der Waals surface area contributed by atoms with E-state index in [0.717, 1.165) is 31.5 Å². The maximum atomic E-state index is 9.76. The first kappa shape index (κ1) is 13.5. The van der Waals surface area contributed by atoms with E-state index in [-0.39, 0.29) is 6.10 Å². The van der Waals surface area contributed by atoms with Gasteiger partial charge < -0.3 is 5.11 Å². The Morgan fingerprint density at radius 1 is 1.50 bits per heavy atom. The van der Waals surface area contributed by atoms with Gasteiger partial charge in [-0.15, -0.1) is 0 Å². The summed E-state index contributed by atoms with van der Waals surface area (Å²) >= 11 is 6.08. The standard InChI is InChI=1S/C12H21ClN2O/c1-4-7-15-11(10(13)8-14-15)5-6-12(16)9(2)3/h8-9,12,16H,4-7H2,1-3H3. The molecule has 0 aliphatic heterocycles. The van der Waals surface area contributed by atoms with Gasteiger partial charge in [-0.05, 0) is 25.2 Å². The predicted octanol–water partition coefficient (Wildman–Crippen LogP) is 2.90. The second-order valence-electron chi connectivity index (χ2n) is 4.51. The van der Waals surface area contributed by atoms with E-state index in [0.29, 0.717) is 10.9 Å². The topological polar surface area (TPSA) is 38.0 Å². The lowest BCUT2D eigenvalue weighted by molar-refractivity contribution is 0.116. The van der Waals surface area contributed by atoms with Gasteiger partial charge in [0, 0.05) is 6.54 Å². The molecule has 0 aliphatic carbocycles. The van der Waals surface area contributed by atoms with E-state index in [1.165, 1.54) is 0 Å². The van der Waals surface area contributed by atoms with Crippen LogP contribution in [0.1, 0.15) is 39.3 Å². The van der Waals surface area contributed by atoms with Crippen molar-refractivity contribution in [3.05, 3.63) is 16.9 Å². The molecule has 0 saturated heterocycles. The third-order valence-electron chi connectivity index (χ3n) is 2.78. The quantitative estimate of drug-likeness (QED) is 0.836. The van der Waals surface area contributed by atoms with Crippen LogP contribution in [0.15, 0.2) is 6.20 Å². The third kappa shape index (κ3) is 3.49. The smallest absolute Gasteiger partial charge is 0.0817 e. The maximum absolute atomic E-state index is 9.76. The molecular weight excluding hydrogens is 224 g/mol. The fraction of sp³-hybridized carbons (Fsp3) is 0.750. The Morgan fingerprint density at radius 3 is 2.75 bits per heavy atom. The third-order valence-corrected chi connectivity index (χ3v) is 3.10. The van der Waals surface area contributed by atoms with Crippen LogP contribution in [0.2, 0.25) is 5.02 Å². The zero-order valence-electron chi connectivity index (χ0n) is 10.3. The Morgan fingerprint density at radius 2 is 2.19 bits per heavy atom. The number of aliphatic hydroxyl groups excluding tert-OH is 1. The van der Waals surface area contributed by atoms with Crippen molar-refractivity contribution < 1.29 is 5.11 Å². The van der Waals surface area contributed by atoms with Gasteiger partial charge in [0.05, 0.1) is 23.0 Å². The largest absolute Gasteiger partial charge is 0.393 e. The highest BCUT2D eigenvalue weighted by Gasteiger charge is 2.13. The molecule has 0 amide bonds. The number of rotatable bonds is 6. The predicted molar refractivity (Wildman–Crippen MR) is 66.7 cm³/mol. The lowest BCUT2D eigenvalue weighted by atomic mass is 10.0. The molecule has 1 aromatic heterocycles. The average molecular weight is 245 g/mol. The van der Waals surface area contributed by atoms with Crippen molar-refractivity contribution in [2.45, 2.75) is 52.7 Å². The highest BCUT2D eigenvalue weighted by Crippen LogP contribution is 2.19. The summed E-state index contributed by atoms with van der Waals surface area (Å²) in [5.74, 6) is 0.293. The minimum atomic E-state index is -0.263. The van der Waals surface area contributed by atoms with Crippen LogP contribution in [0.5, 0.6) is 0 Å². The van der Waals surface area contributed by atoms with Crippen molar-refractivity contribution in [1.82, 2.24) is 9.78 Å². The van der Waals surface area contributed by atoms with Crippen LogP contribution in [0.25, 0.3) is 0 Å². The number of aryl methyl sites for hydroxylation is 1. The van der Waals surface area contributed by atoms with E-state index in [1.807, 2.05) is 18.5 Å². The molecule has 16 heavy (non-hydrogen) atoms. The van der Waals surface area contributed by atoms with Crippen molar-refractivity contribution >= 4 is 11.6 Å². The summed E-state index contributed by atoms with van der Waals surface area (Å²) in [5, 5.41) is 14.7. The van der Waals surface area contributed by atoms with E-state index < -0.39 is 0 Å². The maximum Gasteiger partial charge on any atom is 0.0817 e. The molecule has 3 nitrogen and oxygen atoms in total. The lowest BCUT2D eigenvalue weighted by Gasteiger charge is -2.14. The van der Waals surface area contributed by atoms with Crippen LogP contribution < -0.4 is 0 Å². The number of hydrogen-bond acceptors (Lipinski definition) is 2. The molecule has 1 atom stereocenters. The number of halogens is 1. The van der Waals surface area contributed by atoms with Crippen LogP contribution in [0.3, 0.4) is 0 Å². The van der Waals surface area contributed by atoms with E-state index in [9.17, 15) is 5.11 Å². The first-order chi connectivity index (χ1) is 7.56. The van der Waals surface area contributed by atoms with Gasteiger partial charge in [-0.3, -0.25) is 4.68 Å². The Bertz CT molecular complexity index is 323. The summed E-state index contributed by atoms with van der Waals surface area (Å²) < 4.78 is 1.94. The number of aliphatic hydroxyl groups is 1. The molecule has 92 valence electrons. The van der Waals surface area contributed by atoms with Gasteiger partial charge in [0.15, 0.2) is 0 Å². The highest BCUT2D eigenvalue weighted by atomic mass is 35.5. The van der Waals surface area contributed by atoms with E-state index in [4.69, 9.17) is 11.6 Å². The molecule has 0 spiro atoms. The fourth-order valence-electron chi connectivity index (χ4n) is 1.66. The molecule has 1 rings (SSSR count). The molecule has 1 N–H and O–H groups in total. The molecule has 0 saturated carbocycles. The van der Waals surface area contributed by atoms with Crippen LogP contribution in [-0.4, -0.2) is 21.0 Å². The SMILES string of the molecule is CCCn1ncc(Cl)c1CCC(O)C(C)C. The summed E-state index contributed by atoms with van der Waals surface area (Å²) in [7, 11) is 0. The molecule has 0 bridgehead atoms. The first-order valence-corrected chi connectivity index (χ1v) is 6.32. The van der Waals surface area contributed by atoms with Gasteiger partial charge in [-0.25, -0.2) is 0 Å². The Labute approximate surface area is 102 Å². The average Bonchev–Trinajstić information content (AvgIpc) is 2.57. The van der Waals surface area contributed by atoms with E-state index >= 15 is 0 Å². The summed E-state index contributed by atoms with van der Waals surface area (Å²) in [5.41, 5.74) is 1.04. The van der Waals surface area contributed by atoms with Crippen LogP contribution in [-0.2, 0) is 13.0 Å². The molecular formula is C12H21ClN2O. The first-order valence-electron chi connectivity index (χ1n) is 5.94. The summed E-state index contributed by atoms with van der Waals surface area (Å²) in [6.07, 6.45) is 4.00. The zero-order chi connectivity index (χ0) is 12.1. The zero-order valence-corrected chi connectivity index (χ0v) is 11.0. The van der Waals surface area contributed by atoms with Gasteiger partial charge in [-0.1, -0.05) is 32.4 Å². The monoisotopic (exact) mass is 244 g/mol. The van der Waals surface area contributed by atoms with E-state index in [1.54, 1.807) is 6.20 Å². The van der Waals surface area contributed by atoms with Gasteiger partial charge in [0.25, 0.3) is 0 Å². The van der Waals surface area contributed by atoms with Crippen molar-refractivity contribution in [3.8, 4) is 0 Å². The second-order valence-corrected chi connectivity index (χ2v) is 4.92. The lowest BCUT2D eigenvalue weighted by Crippen LogP contribution is -2.16. The molecule has 1 aromatic rings. The number of aromatic nitrogens is 2. The van der Waals surface area contributed by atoms with Crippen LogP contribution in [0, 0.1) is 5.92 Å². The summed E-state index contributed by atoms with van der Waals surface area (Å²) in [6.45, 7) is 7.05. The summed E-state index contributed by atoms with van der Waals surface area (Å²) in [4.78, 5) is 0. The molecule has 0 aromatic carbocycles. The van der Waals surface area contributed by atoms with Crippen molar-refractivity contribution in [3.63, 3.8) is 0 Å². The minimum absolute atomic E-state index is 0.263. The number of nitrogens with zero attached hydrogens (tertiary/aromatic N) is 2. The van der Waals surface area contributed by atoms with Crippen LogP contribution in [0.4, 0.5) is 0 Å². The van der Waals surface area contributed by atoms with Gasteiger partial charge in [0.2, 0.25) is 0 Å². The second kappa shape index (κ2) is 6.26. The van der Waals surface area contributed by atoms with Crippen molar-refractivity contribution in [1.29, 1.82) is 0 Å². The Kier molecular flexibility index (Phi) is 5.29. The molecule has 0 fully saturated rings. The Balaban J connectivity index is 2.61. The van der Waals surface area contributed by atoms with Gasteiger partial charge in [-0.2, -0.15) is 5.10 Å². The normalized spacial score (nSPS) is 13.4. The summed E-state index contributed by atoms with van der Waals surface area (Å²) in [6, 6.07) is 0. The molecule has 0 aliphatic rings. The molecule has 1 heterocycles. The van der Waals surface area contributed by atoms with Crippen molar-refractivity contribution in [2.24, 2.45) is 5.92 Å².